The SMILES string of the molecule is Fc1ccccc1F.Oc1ccc(C2CCCCC2)cc1. The smallest absolute Gasteiger partial charge is 0.158 e. The van der Waals surface area contributed by atoms with Gasteiger partial charge >= 0.3 is 0 Å². The van der Waals surface area contributed by atoms with Crippen LogP contribution in [0.3, 0.4) is 0 Å². The second-order valence-corrected chi connectivity index (χ2v) is 5.34. The maximum Gasteiger partial charge on any atom is 0.158 e. The van der Waals surface area contributed by atoms with Crippen LogP contribution in [0.15, 0.2) is 48.5 Å². The van der Waals surface area contributed by atoms with Crippen LogP contribution in [-0.2, 0) is 0 Å². The minimum absolute atomic E-state index is 0.375. The molecule has 3 rings (SSSR count). The molecule has 1 aliphatic rings. The Hall–Kier alpha value is -1.90. The van der Waals surface area contributed by atoms with Crippen molar-refractivity contribution in [3.05, 3.63) is 65.7 Å². The molecule has 0 saturated heterocycles. The first-order chi connectivity index (χ1) is 10.2. The number of phenolic OH excluding ortho intramolecular Hbond substituents is 1. The summed E-state index contributed by atoms with van der Waals surface area (Å²) in [5, 5.41) is 9.16. The van der Waals surface area contributed by atoms with E-state index in [2.05, 4.69) is 12.1 Å². The van der Waals surface area contributed by atoms with E-state index in [0.29, 0.717) is 5.75 Å². The lowest BCUT2D eigenvalue weighted by Crippen LogP contribution is -2.03. The van der Waals surface area contributed by atoms with E-state index in [1.165, 1.54) is 49.8 Å². The highest BCUT2D eigenvalue weighted by Crippen LogP contribution is 2.32. The molecule has 112 valence electrons. The molecule has 0 aromatic heterocycles. The monoisotopic (exact) mass is 290 g/mol. The van der Waals surface area contributed by atoms with Crippen molar-refractivity contribution in [1.82, 2.24) is 0 Å². The van der Waals surface area contributed by atoms with Gasteiger partial charge in [0, 0.05) is 0 Å². The van der Waals surface area contributed by atoms with Crippen molar-refractivity contribution in [2.24, 2.45) is 0 Å². The average Bonchev–Trinajstić information content (AvgIpc) is 2.53. The van der Waals surface area contributed by atoms with Crippen LogP contribution in [-0.4, -0.2) is 5.11 Å². The molecule has 0 bridgehead atoms. The van der Waals surface area contributed by atoms with Gasteiger partial charge in [-0.1, -0.05) is 43.5 Å². The first-order valence-corrected chi connectivity index (χ1v) is 7.36. The molecular weight excluding hydrogens is 270 g/mol. The Labute approximate surface area is 124 Å². The van der Waals surface area contributed by atoms with Gasteiger partial charge in [0.15, 0.2) is 11.6 Å². The van der Waals surface area contributed by atoms with Crippen molar-refractivity contribution >= 4 is 0 Å². The van der Waals surface area contributed by atoms with Gasteiger partial charge in [-0.05, 0) is 48.6 Å². The fourth-order valence-electron chi connectivity index (χ4n) is 2.62. The maximum atomic E-state index is 11.9. The Kier molecular flexibility index (Phi) is 5.73. The summed E-state index contributed by atoms with van der Waals surface area (Å²) in [7, 11) is 0. The van der Waals surface area contributed by atoms with Crippen LogP contribution in [0.2, 0.25) is 0 Å². The number of hydrogen-bond acceptors (Lipinski definition) is 1. The quantitative estimate of drug-likeness (QED) is 0.745. The predicted octanol–water partition coefficient (Wildman–Crippen LogP) is 5.40. The normalized spacial score (nSPS) is 15.1. The molecule has 0 amide bonds. The molecule has 0 aliphatic heterocycles. The van der Waals surface area contributed by atoms with Crippen molar-refractivity contribution in [2.45, 2.75) is 38.0 Å². The van der Waals surface area contributed by atoms with E-state index in [1.807, 2.05) is 0 Å². The largest absolute Gasteiger partial charge is 0.508 e. The maximum absolute atomic E-state index is 11.9. The average molecular weight is 290 g/mol. The zero-order valence-electron chi connectivity index (χ0n) is 11.9. The highest BCUT2D eigenvalue weighted by atomic mass is 19.2. The van der Waals surface area contributed by atoms with Gasteiger partial charge in [0.25, 0.3) is 0 Å². The first kappa shape index (κ1) is 15.5. The van der Waals surface area contributed by atoms with Crippen molar-refractivity contribution < 1.29 is 13.9 Å². The molecule has 0 spiro atoms. The molecule has 0 radical (unpaired) electrons. The lowest BCUT2D eigenvalue weighted by Gasteiger charge is -2.21. The third-order valence-corrected chi connectivity index (χ3v) is 3.79. The lowest BCUT2D eigenvalue weighted by atomic mass is 9.84. The van der Waals surface area contributed by atoms with Crippen LogP contribution in [0, 0.1) is 11.6 Å². The van der Waals surface area contributed by atoms with Crippen LogP contribution in [0.25, 0.3) is 0 Å². The summed E-state index contributed by atoms with van der Waals surface area (Å²) in [5.74, 6) is -0.478. The van der Waals surface area contributed by atoms with Crippen LogP contribution < -0.4 is 0 Å². The highest BCUT2D eigenvalue weighted by molar-refractivity contribution is 5.28. The second kappa shape index (κ2) is 7.77. The van der Waals surface area contributed by atoms with E-state index in [9.17, 15) is 8.78 Å². The molecule has 21 heavy (non-hydrogen) atoms. The van der Waals surface area contributed by atoms with Crippen molar-refractivity contribution in [1.29, 1.82) is 0 Å². The first-order valence-electron chi connectivity index (χ1n) is 7.36. The molecule has 1 aliphatic carbocycles. The van der Waals surface area contributed by atoms with Gasteiger partial charge in [-0.3, -0.25) is 0 Å². The summed E-state index contributed by atoms with van der Waals surface area (Å²) < 4.78 is 23.9. The van der Waals surface area contributed by atoms with Crippen LogP contribution in [0.5, 0.6) is 5.75 Å². The molecule has 1 saturated carbocycles. The topological polar surface area (TPSA) is 20.2 Å². The van der Waals surface area contributed by atoms with Gasteiger partial charge in [0.05, 0.1) is 0 Å². The van der Waals surface area contributed by atoms with Crippen molar-refractivity contribution in [3.63, 3.8) is 0 Å². The number of phenols is 1. The van der Waals surface area contributed by atoms with Gasteiger partial charge in [-0.15, -0.1) is 0 Å². The minimum atomic E-state index is -0.799. The van der Waals surface area contributed by atoms with E-state index in [4.69, 9.17) is 5.11 Å². The van der Waals surface area contributed by atoms with E-state index >= 15 is 0 Å². The van der Waals surface area contributed by atoms with Crippen molar-refractivity contribution in [2.75, 3.05) is 0 Å². The number of rotatable bonds is 1. The fourth-order valence-corrected chi connectivity index (χ4v) is 2.62. The molecule has 1 N–H and O–H groups in total. The van der Waals surface area contributed by atoms with Crippen LogP contribution in [0.1, 0.15) is 43.6 Å². The Bertz CT molecular complexity index is 524. The Morgan fingerprint density at radius 2 is 1.29 bits per heavy atom. The predicted molar refractivity (Wildman–Crippen MR) is 80.3 cm³/mol. The van der Waals surface area contributed by atoms with E-state index in [-0.39, 0.29) is 0 Å². The Morgan fingerprint density at radius 1 is 0.762 bits per heavy atom. The molecule has 0 unspecified atom stereocenters. The van der Waals surface area contributed by atoms with Gasteiger partial charge in [-0.25, -0.2) is 8.78 Å². The summed E-state index contributed by atoms with van der Waals surface area (Å²) in [6.07, 6.45) is 6.78. The molecule has 1 nitrogen and oxygen atoms in total. The van der Waals surface area contributed by atoms with Crippen LogP contribution in [0.4, 0.5) is 8.78 Å². The highest BCUT2D eigenvalue weighted by Gasteiger charge is 2.14. The van der Waals surface area contributed by atoms with Gasteiger partial charge in [0.2, 0.25) is 0 Å². The summed E-state index contributed by atoms with van der Waals surface area (Å²) in [4.78, 5) is 0. The molecule has 1 fully saturated rings. The number of benzene rings is 2. The summed E-state index contributed by atoms with van der Waals surface area (Å²) in [5.41, 5.74) is 1.40. The van der Waals surface area contributed by atoms with Gasteiger partial charge < -0.3 is 5.11 Å². The Balaban J connectivity index is 0.000000173. The summed E-state index contributed by atoms with van der Waals surface area (Å²) in [6.45, 7) is 0. The fraction of sp³-hybridized carbons (Fsp3) is 0.333. The summed E-state index contributed by atoms with van der Waals surface area (Å²) >= 11 is 0. The third kappa shape index (κ3) is 4.85. The number of halogens is 2. The number of hydrogen-bond donors (Lipinski definition) is 1. The lowest BCUT2D eigenvalue weighted by molar-refractivity contribution is 0.442. The van der Waals surface area contributed by atoms with Crippen molar-refractivity contribution in [3.8, 4) is 5.75 Å². The molecule has 2 aromatic carbocycles. The molecule has 0 heterocycles. The summed E-state index contributed by atoms with van der Waals surface area (Å²) in [6, 6.07) is 12.8. The van der Waals surface area contributed by atoms with E-state index in [1.54, 1.807) is 12.1 Å². The van der Waals surface area contributed by atoms with Gasteiger partial charge in [-0.2, -0.15) is 0 Å². The minimum Gasteiger partial charge on any atom is -0.508 e. The zero-order chi connectivity index (χ0) is 15.1. The number of aromatic hydroxyl groups is 1. The van der Waals surface area contributed by atoms with Crippen LogP contribution >= 0.6 is 0 Å². The molecule has 2 aromatic rings. The van der Waals surface area contributed by atoms with E-state index in [0.717, 1.165) is 18.1 Å². The standard InChI is InChI=1S/C12H16O.C6H4F2/c13-12-8-6-11(7-9-12)10-4-2-1-3-5-10;7-5-3-1-2-4-6(5)8/h6-10,13H,1-5H2;1-4H. The third-order valence-electron chi connectivity index (χ3n) is 3.79. The molecular formula is C18H20F2O. The molecule has 3 heteroatoms. The van der Waals surface area contributed by atoms with E-state index < -0.39 is 11.6 Å². The zero-order valence-corrected chi connectivity index (χ0v) is 11.9. The molecule has 0 atom stereocenters. The van der Waals surface area contributed by atoms with Gasteiger partial charge in [0.1, 0.15) is 5.75 Å². The second-order valence-electron chi connectivity index (χ2n) is 5.34. The Morgan fingerprint density at radius 3 is 1.76 bits per heavy atom.